The van der Waals surface area contributed by atoms with Gasteiger partial charge in [0.15, 0.2) is 5.16 Å². The van der Waals surface area contributed by atoms with Crippen LogP contribution in [0.3, 0.4) is 0 Å². The second kappa shape index (κ2) is 7.50. The Morgan fingerprint density at radius 3 is 2.52 bits per heavy atom. The lowest BCUT2D eigenvalue weighted by atomic mass is 10.2. The van der Waals surface area contributed by atoms with Crippen LogP contribution in [0.1, 0.15) is 16.0 Å². The molecule has 2 aromatic heterocycles. The molecular formula is C21H17ClN2OS2. The molecule has 0 atom stereocenters. The smallest absolute Gasteiger partial charge is 0.267 e. The molecule has 6 heteroatoms. The summed E-state index contributed by atoms with van der Waals surface area (Å²) in [4.78, 5) is 20.1. The fourth-order valence-electron chi connectivity index (χ4n) is 2.93. The molecule has 0 amide bonds. The third kappa shape index (κ3) is 3.43. The predicted molar refractivity (Wildman–Crippen MR) is 116 cm³/mol. The summed E-state index contributed by atoms with van der Waals surface area (Å²) in [5, 5.41) is 2.12. The van der Waals surface area contributed by atoms with Crippen LogP contribution in [-0.4, -0.2) is 9.55 Å². The van der Waals surface area contributed by atoms with E-state index in [1.54, 1.807) is 15.9 Å². The third-order valence-electron chi connectivity index (χ3n) is 4.50. The molecular weight excluding hydrogens is 396 g/mol. The summed E-state index contributed by atoms with van der Waals surface area (Å²) in [6.07, 6.45) is 0. The molecule has 3 nitrogen and oxygen atoms in total. The Morgan fingerprint density at radius 1 is 1.07 bits per heavy atom. The molecule has 0 saturated heterocycles. The number of thioether (sulfide) groups is 1. The summed E-state index contributed by atoms with van der Waals surface area (Å²) in [5.74, 6) is 0.647. The van der Waals surface area contributed by atoms with E-state index in [0.717, 1.165) is 31.5 Å². The minimum atomic E-state index is -0.0188. The molecule has 0 bridgehead atoms. The van der Waals surface area contributed by atoms with Gasteiger partial charge in [-0.15, -0.1) is 11.3 Å². The molecule has 0 aliphatic rings. The Balaban J connectivity index is 1.88. The first-order valence-electron chi connectivity index (χ1n) is 8.50. The van der Waals surface area contributed by atoms with Crippen molar-refractivity contribution in [2.75, 3.05) is 0 Å². The number of thiophene rings is 1. The largest absolute Gasteiger partial charge is 0.268 e. The summed E-state index contributed by atoms with van der Waals surface area (Å²) >= 11 is 9.40. The molecule has 0 N–H and O–H groups in total. The molecule has 136 valence electrons. The Bertz CT molecular complexity index is 1180. The monoisotopic (exact) mass is 412 g/mol. The lowest BCUT2D eigenvalue weighted by Gasteiger charge is -2.12. The van der Waals surface area contributed by atoms with Crippen LogP contribution in [0.25, 0.3) is 15.9 Å². The van der Waals surface area contributed by atoms with E-state index >= 15 is 0 Å². The second-order valence-electron chi connectivity index (χ2n) is 6.21. The zero-order valence-corrected chi connectivity index (χ0v) is 17.3. The molecule has 0 saturated carbocycles. The van der Waals surface area contributed by atoms with Gasteiger partial charge in [0.25, 0.3) is 5.56 Å². The maximum atomic E-state index is 13.4. The number of aryl methyl sites for hydroxylation is 2. The summed E-state index contributed by atoms with van der Waals surface area (Å²) < 4.78 is 1.71. The molecule has 4 rings (SSSR count). The van der Waals surface area contributed by atoms with Gasteiger partial charge in [0.1, 0.15) is 4.83 Å². The van der Waals surface area contributed by atoms with Crippen LogP contribution >= 0.6 is 34.7 Å². The van der Waals surface area contributed by atoms with Gasteiger partial charge in [-0.1, -0.05) is 59.8 Å². The highest BCUT2D eigenvalue weighted by atomic mass is 35.5. The Morgan fingerprint density at radius 2 is 1.78 bits per heavy atom. The van der Waals surface area contributed by atoms with Crippen molar-refractivity contribution in [2.24, 2.45) is 0 Å². The van der Waals surface area contributed by atoms with E-state index < -0.39 is 0 Å². The summed E-state index contributed by atoms with van der Waals surface area (Å²) in [5.41, 5.74) is 2.84. The molecule has 0 aliphatic heterocycles. The zero-order valence-electron chi connectivity index (χ0n) is 14.9. The fourth-order valence-corrected chi connectivity index (χ4v) is 5.30. The quantitative estimate of drug-likeness (QED) is 0.304. The van der Waals surface area contributed by atoms with Crippen molar-refractivity contribution in [1.82, 2.24) is 9.55 Å². The lowest BCUT2D eigenvalue weighted by Crippen LogP contribution is -2.21. The molecule has 4 aromatic rings. The second-order valence-corrected chi connectivity index (χ2v) is 8.77. The van der Waals surface area contributed by atoms with Crippen molar-refractivity contribution in [1.29, 1.82) is 0 Å². The molecule has 2 aromatic carbocycles. The van der Waals surface area contributed by atoms with E-state index in [-0.39, 0.29) is 5.56 Å². The highest BCUT2D eigenvalue weighted by molar-refractivity contribution is 7.98. The van der Waals surface area contributed by atoms with E-state index in [2.05, 4.69) is 0 Å². The van der Waals surface area contributed by atoms with E-state index in [1.807, 2.05) is 68.4 Å². The van der Waals surface area contributed by atoms with Crippen molar-refractivity contribution in [3.8, 4) is 5.69 Å². The first-order valence-corrected chi connectivity index (χ1v) is 10.7. The predicted octanol–water partition coefficient (Wildman–Crippen LogP) is 6.01. The Kier molecular flexibility index (Phi) is 5.08. The zero-order chi connectivity index (χ0) is 19.0. The Labute approximate surface area is 170 Å². The molecule has 2 heterocycles. The maximum absolute atomic E-state index is 13.4. The number of benzene rings is 2. The fraction of sp³-hybridized carbons (Fsp3) is 0.143. The highest BCUT2D eigenvalue weighted by Gasteiger charge is 2.18. The topological polar surface area (TPSA) is 34.9 Å². The number of hydrogen-bond acceptors (Lipinski definition) is 4. The van der Waals surface area contributed by atoms with Crippen molar-refractivity contribution in [3.05, 3.63) is 86.0 Å². The van der Waals surface area contributed by atoms with Crippen LogP contribution in [0.2, 0.25) is 5.02 Å². The standard InChI is InChI=1S/C21H17ClN2OS2/c1-13-14(2)27-19-18(13)20(25)24(16-9-4-3-5-10-16)21(23-19)26-12-15-8-6-7-11-17(15)22/h3-11H,12H2,1-2H3. The van der Waals surface area contributed by atoms with Crippen LogP contribution in [0.5, 0.6) is 0 Å². The molecule has 0 spiro atoms. The average molecular weight is 413 g/mol. The highest BCUT2D eigenvalue weighted by Crippen LogP contribution is 2.31. The van der Waals surface area contributed by atoms with Gasteiger partial charge in [0.2, 0.25) is 0 Å². The minimum absolute atomic E-state index is 0.0188. The van der Waals surface area contributed by atoms with Crippen LogP contribution in [0.15, 0.2) is 64.5 Å². The van der Waals surface area contributed by atoms with Gasteiger partial charge in [0.05, 0.1) is 11.1 Å². The van der Waals surface area contributed by atoms with Gasteiger partial charge >= 0.3 is 0 Å². The third-order valence-corrected chi connectivity index (χ3v) is 6.96. The van der Waals surface area contributed by atoms with Crippen molar-refractivity contribution in [3.63, 3.8) is 0 Å². The molecule has 0 unspecified atom stereocenters. The van der Waals surface area contributed by atoms with Gasteiger partial charge in [-0.2, -0.15) is 0 Å². The number of rotatable bonds is 4. The number of para-hydroxylation sites is 1. The number of aromatic nitrogens is 2. The number of halogens is 1. The average Bonchev–Trinajstić information content (AvgIpc) is 2.96. The SMILES string of the molecule is Cc1sc2nc(SCc3ccccc3Cl)n(-c3ccccc3)c(=O)c2c1C. The molecule has 0 radical (unpaired) electrons. The van der Waals surface area contributed by atoms with E-state index in [4.69, 9.17) is 16.6 Å². The van der Waals surface area contributed by atoms with Crippen LogP contribution in [0, 0.1) is 13.8 Å². The van der Waals surface area contributed by atoms with Gasteiger partial charge in [-0.05, 0) is 43.2 Å². The minimum Gasteiger partial charge on any atom is -0.268 e. The number of hydrogen-bond donors (Lipinski definition) is 0. The van der Waals surface area contributed by atoms with Crippen LogP contribution in [0.4, 0.5) is 0 Å². The summed E-state index contributed by atoms with van der Waals surface area (Å²) in [6.45, 7) is 4.02. The first kappa shape index (κ1) is 18.3. The number of nitrogens with zero attached hydrogens (tertiary/aromatic N) is 2. The first-order chi connectivity index (χ1) is 13.1. The molecule has 0 fully saturated rings. The Hall–Kier alpha value is -2.08. The van der Waals surface area contributed by atoms with E-state index in [9.17, 15) is 4.79 Å². The molecule has 27 heavy (non-hydrogen) atoms. The van der Waals surface area contributed by atoms with Crippen LogP contribution < -0.4 is 5.56 Å². The lowest BCUT2D eigenvalue weighted by molar-refractivity contribution is 0.822. The number of fused-ring (bicyclic) bond motifs is 1. The van der Waals surface area contributed by atoms with E-state index in [1.165, 1.54) is 11.8 Å². The van der Waals surface area contributed by atoms with Crippen molar-refractivity contribution in [2.45, 2.75) is 24.8 Å². The normalized spacial score (nSPS) is 11.2. The van der Waals surface area contributed by atoms with Gasteiger partial charge < -0.3 is 0 Å². The van der Waals surface area contributed by atoms with Crippen molar-refractivity contribution >= 4 is 44.9 Å². The summed E-state index contributed by atoms with van der Waals surface area (Å²) in [6, 6.07) is 17.4. The van der Waals surface area contributed by atoms with E-state index in [0.29, 0.717) is 16.3 Å². The van der Waals surface area contributed by atoms with Gasteiger partial charge in [-0.3, -0.25) is 9.36 Å². The maximum Gasteiger partial charge on any atom is 0.267 e. The van der Waals surface area contributed by atoms with Crippen molar-refractivity contribution < 1.29 is 0 Å². The summed E-state index contributed by atoms with van der Waals surface area (Å²) in [7, 11) is 0. The van der Waals surface area contributed by atoms with Gasteiger partial charge in [0, 0.05) is 15.7 Å². The molecule has 0 aliphatic carbocycles. The van der Waals surface area contributed by atoms with Gasteiger partial charge in [-0.25, -0.2) is 4.98 Å². The van der Waals surface area contributed by atoms with Crippen LogP contribution in [-0.2, 0) is 5.75 Å².